The first-order valence-electron chi connectivity index (χ1n) is 4.88. The van der Waals surface area contributed by atoms with Gasteiger partial charge in [-0.2, -0.15) is 0 Å². The van der Waals surface area contributed by atoms with E-state index in [1.54, 1.807) is 12.1 Å². The third kappa shape index (κ3) is 4.35. The van der Waals surface area contributed by atoms with Crippen molar-refractivity contribution in [1.29, 1.82) is 0 Å². The zero-order valence-corrected chi connectivity index (χ0v) is 10.3. The molecule has 0 saturated heterocycles. The van der Waals surface area contributed by atoms with Crippen molar-refractivity contribution in [3.63, 3.8) is 0 Å². The molecule has 2 N–H and O–H groups in total. The average molecular weight is 218 g/mol. The summed E-state index contributed by atoms with van der Waals surface area (Å²) >= 11 is 0. The SMILES string of the molecule is C[Si](C)(C)C#Cc1ccc(B(O)O)cc1. The summed E-state index contributed by atoms with van der Waals surface area (Å²) in [6.45, 7) is 6.56. The number of hydrogen-bond donors (Lipinski definition) is 2. The first kappa shape index (κ1) is 12.1. The highest BCUT2D eigenvalue weighted by Gasteiger charge is 2.10. The normalized spacial score (nSPS) is 10.5. The van der Waals surface area contributed by atoms with Crippen LogP contribution in [0, 0.1) is 11.5 Å². The third-order valence-electron chi connectivity index (χ3n) is 1.79. The summed E-state index contributed by atoms with van der Waals surface area (Å²) in [5, 5.41) is 17.8. The average Bonchev–Trinajstić information content (AvgIpc) is 2.14. The van der Waals surface area contributed by atoms with Crippen molar-refractivity contribution in [3.05, 3.63) is 29.8 Å². The molecule has 0 aliphatic rings. The highest BCUT2D eigenvalue weighted by Crippen LogP contribution is 1.99. The summed E-state index contributed by atoms with van der Waals surface area (Å²) in [5.74, 6) is 3.10. The van der Waals surface area contributed by atoms with E-state index < -0.39 is 15.2 Å². The maximum atomic E-state index is 8.90. The Morgan fingerprint density at radius 2 is 1.60 bits per heavy atom. The summed E-state index contributed by atoms with van der Waals surface area (Å²) in [7, 11) is -2.73. The highest BCUT2D eigenvalue weighted by molar-refractivity contribution is 6.83. The van der Waals surface area contributed by atoms with Crippen molar-refractivity contribution >= 4 is 20.7 Å². The molecule has 0 unspecified atom stereocenters. The molecule has 78 valence electrons. The van der Waals surface area contributed by atoms with E-state index in [-0.39, 0.29) is 0 Å². The van der Waals surface area contributed by atoms with Crippen LogP contribution in [0.2, 0.25) is 19.6 Å². The Balaban J connectivity index is 2.85. The molecule has 0 aliphatic heterocycles. The molecule has 15 heavy (non-hydrogen) atoms. The lowest BCUT2D eigenvalue weighted by molar-refractivity contribution is 0.426. The van der Waals surface area contributed by atoms with Crippen LogP contribution in [-0.4, -0.2) is 25.2 Å². The molecule has 1 aromatic carbocycles. The smallest absolute Gasteiger partial charge is 0.423 e. The van der Waals surface area contributed by atoms with Crippen molar-refractivity contribution in [2.75, 3.05) is 0 Å². The Bertz CT molecular complexity index is 382. The Kier molecular flexibility index (Phi) is 3.75. The fourth-order valence-electron chi connectivity index (χ4n) is 0.998. The van der Waals surface area contributed by atoms with Crippen LogP contribution in [0.15, 0.2) is 24.3 Å². The molecule has 0 atom stereocenters. The van der Waals surface area contributed by atoms with Crippen LogP contribution in [0.4, 0.5) is 0 Å². The molecule has 2 nitrogen and oxygen atoms in total. The maximum Gasteiger partial charge on any atom is 0.488 e. The van der Waals surface area contributed by atoms with Gasteiger partial charge in [-0.1, -0.05) is 37.7 Å². The quantitative estimate of drug-likeness (QED) is 0.535. The fourth-order valence-corrected chi connectivity index (χ4v) is 1.52. The lowest BCUT2D eigenvalue weighted by atomic mass is 9.80. The summed E-state index contributed by atoms with van der Waals surface area (Å²) in [4.78, 5) is 0. The molecule has 0 aromatic heterocycles. The number of hydrogen-bond acceptors (Lipinski definition) is 2. The number of rotatable bonds is 1. The van der Waals surface area contributed by atoms with Gasteiger partial charge < -0.3 is 10.0 Å². The first-order valence-corrected chi connectivity index (χ1v) is 8.38. The Morgan fingerprint density at radius 1 is 1.07 bits per heavy atom. The molecule has 0 saturated carbocycles. The van der Waals surface area contributed by atoms with E-state index in [1.165, 1.54) is 0 Å². The van der Waals surface area contributed by atoms with Crippen LogP contribution < -0.4 is 5.46 Å². The van der Waals surface area contributed by atoms with E-state index in [4.69, 9.17) is 10.0 Å². The summed E-state index contributed by atoms with van der Waals surface area (Å²) in [6.07, 6.45) is 0. The second-order valence-corrected chi connectivity index (χ2v) is 9.25. The summed E-state index contributed by atoms with van der Waals surface area (Å²) in [5.41, 5.74) is 4.66. The minimum atomic E-state index is -1.40. The van der Waals surface area contributed by atoms with E-state index >= 15 is 0 Å². The zero-order chi connectivity index (χ0) is 11.5. The lowest BCUT2D eigenvalue weighted by Crippen LogP contribution is -2.29. The van der Waals surface area contributed by atoms with Crippen molar-refractivity contribution < 1.29 is 10.0 Å². The standard InChI is InChI=1S/C11H15BO2Si/c1-15(2,3)9-8-10-4-6-11(7-5-10)12(13)14/h4-7,13-14H,1-3H3. The lowest BCUT2D eigenvalue weighted by Gasteiger charge is -2.03. The zero-order valence-electron chi connectivity index (χ0n) is 9.28. The van der Waals surface area contributed by atoms with E-state index in [1.807, 2.05) is 12.1 Å². The third-order valence-corrected chi connectivity index (χ3v) is 2.67. The van der Waals surface area contributed by atoms with Gasteiger partial charge in [0.15, 0.2) is 0 Å². The fraction of sp³-hybridized carbons (Fsp3) is 0.273. The molecular formula is C11H15BO2Si. The summed E-state index contributed by atoms with van der Waals surface area (Å²) < 4.78 is 0. The van der Waals surface area contributed by atoms with E-state index in [0.29, 0.717) is 5.46 Å². The van der Waals surface area contributed by atoms with Gasteiger partial charge in [0.1, 0.15) is 8.07 Å². The molecule has 4 heteroatoms. The Hall–Kier alpha value is -1.02. The van der Waals surface area contributed by atoms with Gasteiger partial charge in [-0.3, -0.25) is 0 Å². The molecular weight excluding hydrogens is 203 g/mol. The van der Waals surface area contributed by atoms with E-state index in [0.717, 1.165) is 5.56 Å². The van der Waals surface area contributed by atoms with Gasteiger partial charge in [-0.05, 0) is 17.6 Å². The van der Waals surface area contributed by atoms with Crippen molar-refractivity contribution in [3.8, 4) is 11.5 Å². The minimum Gasteiger partial charge on any atom is -0.423 e. The first-order chi connectivity index (χ1) is 6.88. The Labute approximate surface area is 92.1 Å². The van der Waals surface area contributed by atoms with Gasteiger partial charge in [-0.15, -0.1) is 5.54 Å². The topological polar surface area (TPSA) is 40.5 Å². The molecule has 1 rings (SSSR count). The van der Waals surface area contributed by atoms with Crippen molar-refractivity contribution in [1.82, 2.24) is 0 Å². The molecule has 0 fully saturated rings. The summed E-state index contributed by atoms with van der Waals surface area (Å²) in [6, 6.07) is 6.97. The largest absolute Gasteiger partial charge is 0.488 e. The number of benzene rings is 1. The van der Waals surface area contributed by atoms with Gasteiger partial charge >= 0.3 is 7.12 Å². The van der Waals surface area contributed by atoms with E-state index in [9.17, 15) is 0 Å². The van der Waals surface area contributed by atoms with Crippen LogP contribution in [0.5, 0.6) is 0 Å². The van der Waals surface area contributed by atoms with Crippen LogP contribution in [0.3, 0.4) is 0 Å². The predicted octanol–water partition coefficient (Wildman–Crippen LogP) is 0.595. The van der Waals surface area contributed by atoms with Gasteiger partial charge in [0.25, 0.3) is 0 Å². The van der Waals surface area contributed by atoms with Gasteiger partial charge in [0.2, 0.25) is 0 Å². The molecule has 0 bridgehead atoms. The molecule has 0 radical (unpaired) electrons. The highest BCUT2D eigenvalue weighted by atomic mass is 28.3. The molecule has 0 heterocycles. The van der Waals surface area contributed by atoms with Gasteiger partial charge in [-0.25, -0.2) is 0 Å². The molecule has 0 aliphatic carbocycles. The molecule has 0 amide bonds. The van der Waals surface area contributed by atoms with Gasteiger partial charge in [0.05, 0.1) is 0 Å². The van der Waals surface area contributed by atoms with Crippen LogP contribution in [-0.2, 0) is 0 Å². The maximum absolute atomic E-state index is 8.90. The second-order valence-electron chi connectivity index (χ2n) is 4.50. The van der Waals surface area contributed by atoms with Crippen molar-refractivity contribution in [2.24, 2.45) is 0 Å². The van der Waals surface area contributed by atoms with Crippen LogP contribution >= 0.6 is 0 Å². The second kappa shape index (κ2) is 4.67. The molecule has 0 spiro atoms. The van der Waals surface area contributed by atoms with Gasteiger partial charge in [0, 0.05) is 5.56 Å². The molecule has 1 aromatic rings. The van der Waals surface area contributed by atoms with Crippen LogP contribution in [0.25, 0.3) is 0 Å². The van der Waals surface area contributed by atoms with Crippen LogP contribution in [0.1, 0.15) is 5.56 Å². The minimum absolute atomic E-state index is 0.494. The van der Waals surface area contributed by atoms with E-state index in [2.05, 4.69) is 31.1 Å². The monoisotopic (exact) mass is 218 g/mol. The Morgan fingerprint density at radius 3 is 2.00 bits per heavy atom. The van der Waals surface area contributed by atoms with Crippen molar-refractivity contribution in [2.45, 2.75) is 19.6 Å². The predicted molar refractivity (Wildman–Crippen MR) is 66.5 cm³/mol.